The van der Waals surface area contributed by atoms with Crippen LogP contribution in [0.5, 0.6) is 11.5 Å². The standard InChI is InChI=1S/C21H18N2O2S/c1-15-14-26-21(23-15)18(12-22)10-17-8-9-19(20(11-17)24-2)25-13-16-6-4-3-5-7-16/h3-11,14H,13H2,1-2H3/b18-10+. The van der Waals surface area contributed by atoms with Gasteiger partial charge in [0.15, 0.2) is 11.5 Å². The Kier molecular flexibility index (Phi) is 5.67. The molecule has 3 aromatic rings. The number of ether oxygens (including phenoxy) is 2. The first-order valence-corrected chi connectivity index (χ1v) is 8.96. The fourth-order valence-electron chi connectivity index (χ4n) is 2.41. The van der Waals surface area contributed by atoms with Crippen molar-refractivity contribution in [3.8, 4) is 17.6 Å². The molecule has 0 radical (unpaired) electrons. The Balaban J connectivity index is 1.82. The van der Waals surface area contributed by atoms with Gasteiger partial charge in [-0.25, -0.2) is 4.98 Å². The molecule has 0 spiro atoms. The second-order valence-electron chi connectivity index (χ2n) is 5.65. The number of nitrogens with zero attached hydrogens (tertiary/aromatic N) is 2. The number of rotatable bonds is 6. The van der Waals surface area contributed by atoms with Crippen molar-refractivity contribution in [2.45, 2.75) is 13.5 Å². The molecule has 0 aliphatic carbocycles. The van der Waals surface area contributed by atoms with Gasteiger partial charge in [-0.05, 0) is 36.3 Å². The molecule has 130 valence electrons. The quantitative estimate of drug-likeness (QED) is 0.572. The lowest BCUT2D eigenvalue weighted by atomic mass is 10.1. The molecule has 0 aliphatic rings. The van der Waals surface area contributed by atoms with Crippen LogP contribution in [0, 0.1) is 18.3 Å². The number of aryl methyl sites for hydroxylation is 1. The molecule has 2 aromatic carbocycles. The van der Waals surface area contributed by atoms with E-state index in [9.17, 15) is 5.26 Å². The minimum atomic E-state index is 0.466. The van der Waals surface area contributed by atoms with Crippen LogP contribution in [0.4, 0.5) is 0 Å². The number of aromatic nitrogens is 1. The van der Waals surface area contributed by atoms with E-state index >= 15 is 0 Å². The van der Waals surface area contributed by atoms with Gasteiger partial charge in [0.05, 0.1) is 12.7 Å². The topological polar surface area (TPSA) is 55.1 Å². The lowest BCUT2D eigenvalue weighted by Gasteiger charge is -2.11. The van der Waals surface area contributed by atoms with Crippen LogP contribution in [0.1, 0.15) is 21.8 Å². The van der Waals surface area contributed by atoms with E-state index in [1.54, 1.807) is 7.11 Å². The van der Waals surface area contributed by atoms with Gasteiger partial charge in [0, 0.05) is 11.1 Å². The molecule has 0 saturated heterocycles. The van der Waals surface area contributed by atoms with Crippen LogP contribution in [0.2, 0.25) is 0 Å². The molecule has 1 heterocycles. The first-order chi connectivity index (χ1) is 12.7. The molecular formula is C21H18N2O2S. The summed E-state index contributed by atoms with van der Waals surface area (Å²) in [5, 5.41) is 12.1. The minimum Gasteiger partial charge on any atom is -0.493 e. The van der Waals surface area contributed by atoms with Gasteiger partial charge in [-0.3, -0.25) is 0 Å². The summed E-state index contributed by atoms with van der Waals surface area (Å²) in [5.41, 5.74) is 3.39. The third-order valence-electron chi connectivity index (χ3n) is 3.71. The second kappa shape index (κ2) is 8.32. The van der Waals surface area contributed by atoms with Gasteiger partial charge in [-0.2, -0.15) is 5.26 Å². The molecule has 26 heavy (non-hydrogen) atoms. The smallest absolute Gasteiger partial charge is 0.161 e. The number of thiazole rings is 1. The van der Waals surface area contributed by atoms with Crippen LogP contribution in [0.15, 0.2) is 53.9 Å². The number of hydrogen-bond acceptors (Lipinski definition) is 5. The Morgan fingerprint density at radius 2 is 2.00 bits per heavy atom. The van der Waals surface area contributed by atoms with Crippen molar-refractivity contribution in [1.29, 1.82) is 5.26 Å². The third kappa shape index (κ3) is 4.29. The normalized spacial score (nSPS) is 11.0. The van der Waals surface area contributed by atoms with Crippen LogP contribution in [-0.4, -0.2) is 12.1 Å². The molecule has 0 atom stereocenters. The van der Waals surface area contributed by atoms with Crippen LogP contribution in [0.3, 0.4) is 0 Å². The van der Waals surface area contributed by atoms with E-state index in [1.165, 1.54) is 11.3 Å². The van der Waals surface area contributed by atoms with Crippen molar-refractivity contribution in [2.24, 2.45) is 0 Å². The Bertz CT molecular complexity index is 956. The molecular weight excluding hydrogens is 344 g/mol. The van der Waals surface area contributed by atoms with Gasteiger partial charge in [-0.15, -0.1) is 11.3 Å². The monoisotopic (exact) mass is 362 g/mol. The van der Waals surface area contributed by atoms with Crippen molar-refractivity contribution in [3.05, 3.63) is 75.7 Å². The van der Waals surface area contributed by atoms with Gasteiger partial charge in [-0.1, -0.05) is 36.4 Å². The summed E-state index contributed by atoms with van der Waals surface area (Å²) >= 11 is 1.46. The molecule has 0 amide bonds. The maximum Gasteiger partial charge on any atom is 0.161 e. The first-order valence-electron chi connectivity index (χ1n) is 8.08. The highest BCUT2D eigenvalue weighted by Gasteiger charge is 2.09. The van der Waals surface area contributed by atoms with E-state index in [4.69, 9.17) is 9.47 Å². The van der Waals surface area contributed by atoms with E-state index in [0.29, 0.717) is 28.7 Å². The van der Waals surface area contributed by atoms with Crippen LogP contribution in [0.25, 0.3) is 11.6 Å². The molecule has 0 aliphatic heterocycles. The summed E-state index contributed by atoms with van der Waals surface area (Å²) in [6.45, 7) is 2.38. The lowest BCUT2D eigenvalue weighted by Crippen LogP contribution is -1.97. The predicted molar refractivity (Wildman–Crippen MR) is 104 cm³/mol. The highest BCUT2D eigenvalue weighted by molar-refractivity contribution is 7.11. The summed E-state index contributed by atoms with van der Waals surface area (Å²) in [6.07, 6.45) is 1.81. The first kappa shape index (κ1) is 17.7. The van der Waals surface area contributed by atoms with E-state index in [2.05, 4.69) is 11.1 Å². The Labute approximate surface area is 157 Å². The van der Waals surface area contributed by atoms with Crippen molar-refractivity contribution >= 4 is 23.0 Å². The van der Waals surface area contributed by atoms with Crippen molar-refractivity contribution in [3.63, 3.8) is 0 Å². The van der Waals surface area contributed by atoms with Gasteiger partial charge < -0.3 is 9.47 Å². The van der Waals surface area contributed by atoms with Gasteiger partial charge in [0.2, 0.25) is 0 Å². The highest BCUT2D eigenvalue weighted by atomic mass is 32.1. The average molecular weight is 362 g/mol. The van der Waals surface area contributed by atoms with Crippen molar-refractivity contribution in [1.82, 2.24) is 4.98 Å². The zero-order chi connectivity index (χ0) is 18.4. The lowest BCUT2D eigenvalue weighted by molar-refractivity contribution is 0.284. The Morgan fingerprint density at radius 3 is 2.65 bits per heavy atom. The van der Waals surface area contributed by atoms with Crippen LogP contribution < -0.4 is 9.47 Å². The Morgan fingerprint density at radius 1 is 1.19 bits per heavy atom. The summed E-state index contributed by atoms with van der Waals surface area (Å²) in [6, 6.07) is 17.8. The van der Waals surface area contributed by atoms with Gasteiger partial charge >= 0.3 is 0 Å². The maximum atomic E-state index is 9.43. The van der Waals surface area contributed by atoms with E-state index < -0.39 is 0 Å². The zero-order valence-electron chi connectivity index (χ0n) is 14.6. The van der Waals surface area contributed by atoms with E-state index in [-0.39, 0.29) is 0 Å². The molecule has 1 aromatic heterocycles. The van der Waals surface area contributed by atoms with Gasteiger partial charge in [0.1, 0.15) is 17.7 Å². The van der Waals surface area contributed by atoms with E-state index in [0.717, 1.165) is 16.8 Å². The van der Waals surface area contributed by atoms with Crippen molar-refractivity contribution in [2.75, 3.05) is 7.11 Å². The molecule has 0 fully saturated rings. The highest BCUT2D eigenvalue weighted by Crippen LogP contribution is 2.31. The SMILES string of the molecule is COc1cc(/C=C(\C#N)c2nc(C)cs2)ccc1OCc1ccccc1. The predicted octanol–water partition coefficient (Wildman–Crippen LogP) is 5.10. The fraction of sp³-hybridized carbons (Fsp3) is 0.143. The molecule has 0 N–H and O–H groups in total. The molecule has 0 unspecified atom stereocenters. The second-order valence-corrected chi connectivity index (χ2v) is 6.51. The number of benzene rings is 2. The summed E-state index contributed by atoms with van der Waals surface area (Å²) in [4.78, 5) is 4.37. The average Bonchev–Trinajstić information content (AvgIpc) is 3.11. The van der Waals surface area contributed by atoms with E-state index in [1.807, 2.05) is 66.9 Å². The van der Waals surface area contributed by atoms with Crippen LogP contribution in [-0.2, 0) is 6.61 Å². The summed E-state index contributed by atoms with van der Waals surface area (Å²) in [5.74, 6) is 1.29. The molecule has 0 bridgehead atoms. The van der Waals surface area contributed by atoms with Crippen molar-refractivity contribution < 1.29 is 9.47 Å². The summed E-state index contributed by atoms with van der Waals surface area (Å²) in [7, 11) is 1.60. The minimum absolute atomic E-state index is 0.466. The number of allylic oxidation sites excluding steroid dienone is 1. The third-order valence-corrected chi connectivity index (χ3v) is 4.70. The number of nitriles is 1. The molecule has 3 rings (SSSR count). The van der Waals surface area contributed by atoms with Gasteiger partial charge in [0.25, 0.3) is 0 Å². The largest absolute Gasteiger partial charge is 0.493 e. The maximum absolute atomic E-state index is 9.43. The Hall–Kier alpha value is -3.10. The molecule has 0 saturated carbocycles. The number of methoxy groups -OCH3 is 1. The molecule has 5 heteroatoms. The number of hydrogen-bond donors (Lipinski definition) is 0. The summed E-state index contributed by atoms with van der Waals surface area (Å²) < 4.78 is 11.3. The fourth-order valence-corrected chi connectivity index (χ4v) is 3.18. The van der Waals surface area contributed by atoms with Crippen LogP contribution >= 0.6 is 11.3 Å². The zero-order valence-corrected chi connectivity index (χ0v) is 15.4. The molecule has 4 nitrogen and oxygen atoms in total.